The second-order valence-corrected chi connectivity index (χ2v) is 7.05. The Morgan fingerprint density at radius 3 is 2.36 bits per heavy atom. The zero-order valence-corrected chi connectivity index (χ0v) is 16.4. The Morgan fingerprint density at radius 2 is 1.76 bits per heavy atom. The van der Waals surface area contributed by atoms with Crippen molar-refractivity contribution in [2.75, 3.05) is 12.4 Å². The quantitative estimate of drug-likeness (QED) is 0.772. The van der Waals surface area contributed by atoms with Gasteiger partial charge in [0.05, 0.1) is 22.7 Å². The first-order chi connectivity index (χ1) is 12.0. The molecule has 0 saturated heterocycles. The number of amides is 1. The van der Waals surface area contributed by atoms with E-state index in [1.807, 2.05) is 13.8 Å². The smallest absolute Gasteiger partial charge is 0.232 e. The number of carbonyl (C=O) groups is 2. The van der Waals surface area contributed by atoms with Crippen molar-refractivity contribution >= 4 is 40.6 Å². The van der Waals surface area contributed by atoms with Crippen LogP contribution in [0.25, 0.3) is 0 Å². The van der Waals surface area contributed by atoms with Crippen LogP contribution in [0.5, 0.6) is 0 Å². The zero-order chi connectivity index (χ0) is 18.6. The van der Waals surface area contributed by atoms with Gasteiger partial charge in [-0.1, -0.05) is 37.0 Å². The van der Waals surface area contributed by atoms with Gasteiger partial charge in [0.25, 0.3) is 0 Å². The number of methoxy groups -OCH3 is 1. The lowest BCUT2D eigenvalue weighted by Crippen LogP contribution is -2.27. The third-order valence-electron chi connectivity index (χ3n) is 4.92. The molecule has 0 aromatic heterocycles. The van der Waals surface area contributed by atoms with Gasteiger partial charge in [-0.05, 0) is 37.8 Å². The van der Waals surface area contributed by atoms with E-state index >= 15 is 0 Å². The number of nitrogens with one attached hydrogen (secondary N) is 1. The third-order valence-corrected chi connectivity index (χ3v) is 5.57. The zero-order valence-electron chi connectivity index (χ0n) is 14.9. The van der Waals surface area contributed by atoms with E-state index in [1.54, 1.807) is 19.2 Å². The van der Waals surface area contributed by atoms with Gasteiger partial charge in [-0.15, -0.1) is 0 Å². The Bertz CT molecular complexity index is 640. The van der Waals surface area contributed by atoms with E-state index in [0.29, 0.717) is 21.3 Å². The second-order valence-electron chi connectivity index (χ2n) is 6.24. The molecule has 1 saturated carbocycles. The molecule has 4 nitrogen and oxygen atoms in total. The number of ether oxygens (including phenoxy) is 1. The van der Waals surface area contributed by atoms with Crippen LogP contribution < -0.4 is 5.32 Å². The summed E-state index contributed by atoms with van der Waals surface area (Å²) in [5.41, 5.74) is 1.20. The van der Waals surface area contributed by atoms with Crippen molar-refractivity contribution < 1.29 is 14.3 Å². The molecule has 1 fully saturated rings. The molecule has 0 bridgehead atoms. The van der Waals surface area contributed by atoms with Gasteiger partial charge in [0.1, 0.15) is 5.78 Å². The summed E-state index contributed by atoms with van der Waals surface area (Å²) in [6, 6.07) is 3.32. The van der Waals surface area contributed by atoms with Crippen LogP contribution in [0, 0.1) is 5.92 Å². The maximum absolute atomic E-state index is 12.6. The summed E-state index contributed by atoms with van der Waals surface area (Å²) in [4.78, 5) is 24.9. The van der Waals surface area contributed by atoms with Crippen LogP contribution in [0.1, 0.15) is 57.4 Å². The first kappa shape index (κ1) is 20.2. The molecule has 6 heteroatoms. The number of halogens is 2. The fourth-order valence-corrected chi connectivity index (χ4v) is 4.06. The first-order valence-corrected chi connectivity index (χ1v) is 9.61. The number of Topliss-reactive ketones (excluding diaryl/α,β-unsaturated/α-hetero) is 1. The molecule has 1 N–H and O–H groups in total. The monoisotopic (exact) mass is 385 g/mol. The highest BCUT2D eigenvalue weighted by Gasteiger charge is 2.37. The number of hydrogen-bond donors (Lipinski definition) is 1. The molecule has 1 heterocycles. The lowest BCUT2D eigenvalue weighted by Gasteiger charge is -2.27. The molecule has 3 rings (SSSR count). The van der Waals surface area contributed by atoms with Gasteiger partial charge in [-0.2, -0.15) is 0 Å². The minimum Gasteiger partial charge on any atom is -0.381 e. The van der Waals surface area contributed by atoms with Gasteiger partial charge in [0, 0.05) is 30.0 Å². The van der Waals surface area contributed by atoms with E-state index < -0.39 is 5.92 Å². The predicted octanol–water partition coefficient (Wildman–Crippen LogP) is 5.22. The van der Waals surface area contributed by atoms with Crippen LogP contribution in [0.4, 0.5) is 5.69 Å². The van der Waals surface area contributed by atoms with Gasteiger partial charge >= 0.3 is 0 Å². The maximum atomic E-state index is 12.6. The lowest BCUT2D eigenvalue weighted by atomic mass is 9.81. The van der Waals surface area contributed by atoms with E-state index in [2.05, 4.69) is 5.32 Å². The Hall–Kier alpha value is -1.10. The van der Waals surface area contributed by atoms with Crippen LogP contribution in [0.3, 0.4) is 0 Å². The summed E-state index contributed by atoms with van der Waals surface area (Å²) in [6.45, 7) is 4.00. The van der Waals surface area contributed by atoms with Gasteiger partial charge in [-0.3, -0.25) is 9.59 Å². The average molecular weight is 386 g/mol. The molecule has 1 aromatic carbocycles. The van der Waals surface area contributed by atoms with Gasteiger partial charge in [0.2, 0.25) is 5.91 Å². The van der Waals surface area contributed by atoms with E-state index in [0.717, 1.165) is 25.7 Å². The molecular formula is C19H25Cl2NO3. The standard InChI is InChI=1S/C17H19Cl2NO3.C2H6/c1-23-10-4-2-9(3-5-10)14(21)8-11-15-12(18)6-7-13(19)16(15)20-17(11)22;1-2/h6-7,9-11H,2-5,8H2,1H3,(H,20,22);1-2H3. The van der Waals surface area contributed by atoms with Crippen molar-refractivity contribution in [2.24, 2.45) is 5.92 Å². The van der Waals surface area contributed by atoms with Crippen LogP contribution in [0.2, 0.25) is 10.0 Å². The van der Waals surface area contributed by atoms with Crippen molar-refractivity contribution in [3.8, 4) is 0 Å². The highest BCUT2D eigenvalue weighted by atomic mass is 35.5. The topological polar surface area (TPSA) is 55.4 Å². The summed E-state index contributed by atoms with van der Waals surface area (Å²) in [7, 11) is 1.71. The SMILES string of the molecule is CC.COC1CCC(C(=O)CC2C(=O)Nc3c(Cl)ccc(Cl)c32)CC1. The van der Waals surface area contributed by atoms with Crippen molar-refractivity contribution in [3.05, 3.63) is 27.7 Å². The maximum Gasteiger partial charge on any atom is 0.232 e. The minimum absolute atomic E-state index is 0.0104. The van der Waals surface area contributed by atoms with Crippen molar-refractivity contribution in [3.63, 3.8) is 0 Å². The number of rotatable bonds is 4. The van der Waals surface area contributed by atoms with E-state index in [1.165, 1.54) is 0 Å². The predicted molar refractivity (Wildman–Crippen MR) is 102 cm³/mol. The van der Waals surface area contributed by atoms with Crippen LogP contribution in [-0.4, -0.2) is 24.9 Å². The molecule has 0 radical (unpaired) electrons. The molecule has 25 heavy (non-hydrogen) atoms. The number of benzene rings is 1. The van der Waals surface area contributed by atoms with E-state index in [9.17, 15) is 9.59 Å². The molecule has 2 aliphatic rings. The van der Waals surface area contributed by atoms with Crippen LogP contribution in [0.15, 0.2) is 12.1 Å². The Balaban J connectivity index is 0.00000109. The third kappa shape index (κ3) is 4.36. The number of fused-ring (bicyclic) bond motifs is 1. The van der Waals surface area contributed by atoms with Gasteiger partial charge in [0.15, 0.2) is 0 Å². The molecule has 138 valence electrons. The van der Waals surface area contributed by atoms with E-state index in [-0.39, 0.29) is 30.1 Å². The van der Waals surface area contributed by atoms with Gasteiger partial charge < -0.3 is 10.1 Å². The number of anilines is 1. The van der Waals surface area contributed by atoms with Crippen molar-refractivity contribution in [2.45, 2.75) is 58.0 Å². The molecule has 1 atom stereocenters. The summed E-state index contributed by atoms with van der Waals surface area (Å²) in [6.07, 6.45) is 3.87. The normalized spacial score (nSPS) is 24.8. The average Bonchev–Trinajstić information content (AvgIpc) is 2.97. The summed E-state index contributed by atoms with van der Waals surface area (Å²) in [5.74, 6) is -0.599. The summed E-state index contributed by atoms with van der Waals surface area (Å²) in [5, 5.41) is 3.68. The van der Waals surface area contributed by atoms with Crippen LogP contribution in [-0.2, 0) is 14.3 Å². The molecule has 1 aliphatic heterocycles. The molecule has 1 aromatic rings. The summed E-state index contributed by atoms with van der Waals surface area (Å²) >= 11 is 12.3. The van der Waals surface area contributed by atoms with Crippen molar-refractivity contribution in [1.82, 2.24) is 0 Å². The Morgan fingerprint density at radius 1 is 1.16 bits per heavy atom. The molecule has 1 unspecified atom stereocenters. The van der Waals surface area contributed by atoms with Gasteiger partial charge in [-0.25, -0.2) is 0 Å². The highest BCUT2D eigenvalue weighted by molar-refractivity contribution is 6.37. The largest absolute Gasteiger partial charge is 0.381 e. The first-order valence-electron chi connectivity index (χ1n) is 8.85. The van der Waals surface area contributed by atoms with Crippen molar-refractivity contribution in [1.29, 1.82) is 0 Å². The molecular weight excluding hydrogens is 361 g/mol. The molecule has 0 spiro atoms. The number of ketones is 1. The van der Waals surface area contributed by atoms with E-state index in [4.69, 9.17) is 27.9 Å². The second kappa shape index (κ2) is 9.02. The highest BCUT2D eigenvalue weighted by Crippen LogP contribution is 2.44. The minimum atomic E-state index is -0.538. The fraction of sp³-hybridized carbons (Fsp3) is 0.579. The number of hydrogen-bond acceptors (Lipinski definition) is 3. The summed E-state index contributed by atoms with van der Waals surface area (Å²) < 4.78 is 5.34. The lowest BCUT2D eigenvalue weighted by molar-refractivity contribution is -0.127. The number of carbonyl (C=O) groups excluding carboxylic acids is 2. The van der Waals surface area contributed by atoms with Crippen LogP contribution >= 0.6 is 23.2 Å². The molecule has 1 amide bonds. The Labute approximate surface area is 159 Å². The Kier molecular flexibility index (Phi) is 7.29. The fourth-order valence-electron chi connectivity index (χ4n) is 3.56. The molecule has 1 aliphatic carbocycles.